The summed E-state index contributed by atoms with van der Waals surface area (Å²) in [4.78, 5) is 11.2. The van der Waals surface area contributed by atoms with Crippen molar-refractivity contribution in [3.63, 3.8) is 0 Å². The SMILES string of the molecule is O=Nc1c(O)c(CCCCCCCCC2CCCCC2)c(O)c2ccccc12. The van der Waals surface area contributed by atoms with E-state index >= 15 is 0 Å². The molecule has 0 aliphatic heterocycles. The Morgan fingerprint density at radius 1 is 0.821 bits per heavy atom. The first kappa shape index (κ1) is 20.6. The highest BCUT2D eigenvalue weighted by molar-refractivity contribution is 6.00. The lowest BCUT2D eigenvalue weighted by molar-refractivity contribution is 0.328. The molecule has 4 heteroatoms. The molecule has 2 N–H and O–H groups in total. The van der Waals surface area contributed by atoms with Crippen LogP contribution < -0.4 is 0 Å². The van der Waals surface area contributed by atoms with Crippen LogP contribution in [-0.4, -0.2) is 10.2 Å². The maximum absolute atomic E-state index is 11.2. The Bertz CT molecular complexity index is 781. The number of aromatic hydroxyl groups is 2. The Morgan fingerprint density at radius 3 is 2.18 bits per heavy atom. The molecule has 0 bridgehead atoms. The summed E-state index contributed by atoms with van der Waals surface area (Å²) in [5, 5.41) is 25.0. The Labute approximate surface area is 167 Å². The van der Waals surface area contributed by atoms with E-state index < -0.39 is 0 Å². The number of rotatable bonds is 10. The number of hydrogen-bond donors (Lipinski definition) is 2. The number of fused-ring (bicyclic) bond motifs is 1. The van der Waals surface area contributed by atoms with E-state index in [2.05, 4.69) is 5.18 Å². The van der Waals surface area contributed by atoms with Gasteiger partial charge in [0.15, 0.2) is 11.4 Å². The summed E-state index contributed by atoms with van der Waals surface area (Å²) in [5.74, 6) is 0.889. The lowest BCUT2D eigenvalue weighted by Gasteiger charge is -2.21. The predicted molar refractivity (Wildman–Crippen MR) is 115 cm³/mol. The highest BCUT2D eigenvalue weighted by Gasteiger charge is 2.19. The van der Waals surface area contributed by atoms with Crippen LogP contribution in [0.15, 0.2) is 29.4 Å². The third-order valence-electron chi connectivity index (χ3n) is 6.34. The quantitative estimate of drug-likeness (QED) is 0.329. The first-order chi connectivity index (χ1) is 13.7. The minimum atomic E-state index is -0.168. The normalized spacial score (nSPS) is 15.1. The van der Waals surface area contributed by atoms with Gasteiger partial charge in [0, 0.05) is 16.3 Å². The Kier molecular flexibility index (Phi) is 7.70. The van der Waals surface area contributed by atoms with Crippen molar-refractivity contribution in [3.8, 4) is 11.5 Å². The number of hydrogen-bond acceptors (Lipinski definition) is 4. The van der Waals surface area contributed by atoms with Gasteiger partial charge in [0.05, 0.1) is 0 Å². The van der Waals surface area contributed by atoms with Gasteiger partial charge in [-0.1, -0.05) is 94.9 Å². The van der Waals surface area contributed by atoms with E-state index in [0.29, 0.717) is 22.8 Å². The van der Waals surface area contributed by atoms with Crippen LogP contribution in [0, 0.1) is 10.8 Å². The van der Waals surface area contributed by atoms with Crippen molar-refractivity contribution >= 4 is 16.5 Å². The van der Waals surface area contributed by atoms with Crippen LogP contribution >= 0.6 is 0 Å². The summed E-state index contributed by atoms with van der Waals surface area (Å²) >= 11 is 0. The maximum atomic E-state index is 11.2. The number of phenols is 2. The molecule has 152 valence electrons. The first-order valence-electron chi connectivity index (χ1n) is 11.0. The van der Waals surface area contributed by atoms with Crippen LogP contribution in [-0.2, 0) is 6.42 Å². The van der Waals surface area contributed by atoms with Gasteiger partial charge in [0.25, 0.3) is 0 Å². The molecule has 2 aromatic carbocycles. The van der Waals surface area contributed by atoms with Crippen molar-refractivity contribution < 1.29 is 10.2 Å². The second-order valence-electron chi connectivity index (χ2n) is 8.33. The lowest BCUT2D eigenvalue weighted by atomic mass is 9.85. The van der Waals surface area contributed by atoms with Gasteiger partial charge in [0.2, 0.25) is 0 Å². The zero-order valence-electron chi connectivity index (χ0n) is 16.8. The molecule has 0 aromatic heterocycles. The van der Waals surface area contributed by atoms with Crippen LogP contribution in [0.5, 0.6) is 11.5 Å². The molecule has 3 rings (SSSR count). The minimum absolute atomic E-state index is 0.0334. The molecule has 0 heterocycles. The van der Waals surface area contributed by atoms with E-state index in [1.54, 1.807) is 18.2 Å². The monoisotopic (exact) mass is 383 g/mol. The molecule has 4 nitrogen and oxygen atoms in total. The molecule has 28 heavy (non-hydrogen) atoms. The number of unbranched alkanes of at least 4 members (excludes halogenated alkanes) is 5. The fraction of sp³-hybridized carbons (Fsp3) is 0.583. The summed E-state index contributed by atoms with van der Waals surface area (Å²) in [6.45, 7) is 0. The summed E-state index contributed by atoms with van der Waals surface area (Å²) < 4.78 is 0. The topological polar surface area (TPSA) is 69.9 Å². The van der Waals surface area contributed by atoms with Crippen molar-refractivity contribution in [2.75, 3.05) is 0 Å². The highest BCUT2D eigenvalue weighted by Crippen LogP contribution is 2.45. The first-order valence-corrected chi connectivity index (χ1v) is 11.0. The van der Waals surface area contributed by atoms with Crippen LogP contribution in [0.25, 0.3) is 10.8 Å². The third kappa shape index (κ3) is 5.03. The standard InChI is InChI=1S/C24H33NO3/c26-23-20-16-11-10-15-19(20)22(25-28)24(27)21(23)17-9-4-2-1-3-6-12-18-13-7-5-8-14-18/h10-11,15-16,18,26-27H,1-9,12-14,17H2. The van der Waals surface area contributed by atoms with Gasteiger partial charge >= 0.3 is 0 Å². The van der Waals surface area contributed by atoms with E-state index in [1.807, 2.05) is 6.07 Å². The summed E-state index contributed by atoms with van der Waals surface area (Å²) in [6.07, 6.45) is 16.2. The second kappa shape index (κ2) is 10.4. The Morgan fingerprint density at radius 2 is 1.46 bits per heavy atom. The molecule has 0 radical (unpaired) electrons. The second-order valence-corrected chi connectivity index (χ2v) is 8.33. The average Bonchev–Trinajstić information content (AvgIpc) is 2.73. The zero-order valence-corrected chi connectivity index (χ0v) is 16.8. The maximum Gasteiger partial charge on any atom is 0.157 e. The van der Waals surface area contributed by atoms with Gasteiger partial charge in [-0.25, -0.2) is 0 Å². The van der Waals surface area contributed by atoms with E-state index in [-0.39, 0.29) is 17.2 Å². The smallest absolute Gasteiger partial charge is 0.157 e. The van der Waals surface area contributed by atoms with Crippen molar-refractivity contribution in [1.82, 2.24) is 0 Å². The van der Waals surface area contributed by atoms with Gasteiger partial charge < -0.3 is 10.2 Å². The van der Waals surface area contributed by atoms with Crippen LogP contribution in [0.1, 0.15) is 82.6 Å². The summed E-state index contributed by atoms with van der Waals surface area (Å²) in [6, 6.07) is 7.03. The van der Waals surface area contributed by atoms with Gasteiger partial charge in [-0.3, -0.25) is 0 Å². The molecule has 0 unspecified atom stereocenters. The number of phenolic OH excluding ortho intramolecular Hbond substituents is 2. The molecular weight excluding hydrogens is 350 g/mol. The molecular formula is C24H33NO3. The molecule has 0 amide bonds. The van der Waals surface area contributed by atoms with Crippen molar-refractivity contribution in [2.45, 2.75) is 83.5 Å². The largest absolute Gasteiger partial charge is 0.507 e. The van der Waals surface area contributed by atoms with Crippen molar-refractivity contribution in [1.29, 1.82) is 0 Å². The Balaban J connectivity index is 1.43. The third-order valence-corrected chi connectivity index (χ3v) is 6.34. The molecule has 1 aliphatic rings. The van der Waals surface area contributed by atoms with Crippen LogP contribution in [0.4, 0.5) is 5.69 Å². The highest BCUT2D eigenvalue weighted by atomic mass is 16.3. The number of benzene rings is 2. The predicted octanol–water partition coefficient (Wildman–Crippen LogP) is 7.50. The average molecular weight is 384 g/mol. The fourth-order valence-corrected chi connectivity index (χ4v) is 4.69. The number of nitrogens with zero attached hydrogens (tertiary/aromatic N) is 1. The lowest BCUT2D eigenvalue weighted by Crippen LogP contribution is -2.05. The van der Waals surface area contributed by atoms with Gasteiger partial charge in [-0.05, 0) is 23.9 Å². The van der Waals surface area contributed by atoms with E-state index in [1.165, 1.54) is 64.2 Å². The zero-order chi connectivity index (χ0) is 19.8. The van der Waals surface area contributed by atoms with Crippen LogP contribution in [0.2, 0.25) is 0 Å². The molecule has 1 saturated carbocycles. The van der Waals surface area contributed by atoms with Gasteiger partial charge in [-0.2, -0.15) is 0 Å². The summed E-state index contributed by atoms with van der Waals surface area (Å²) in [7, 11) is 0. The minimum Gasteiger partial charge on any atom is -0.507 e. The number of nitroso groups, excluding NO2 is 1. The van der Waals surface area contributed by atoms with Crippen molar-refractivity contribution in [2.24, 2.45) is 11.1 Å². The summed E-state index contributed by atoms with van der Waals surface area (Å²) in [5.41, 5.74) is 0.483. The van der Waals surface area contributed by atoms with E-state index in [9.17, 15) is 15.1 Å². The molecule has 0 atom stereocenters. The van der Waals surface area contributed by atoms with Crippen molar-refractivity contribution in [3.05, 3.63) is 34.7 Å². The van der Waals surface area contributed by atoms with E-state index in [0.717, 1.165) is 18.8 Å². The molecule has 2 aromatic rings. The van der Waals surface area contributed by atoms with E-state index in [4.69, 9.17) is 0 Å². The molecule has 1 fully saturated rings. The molecule has 0 spiro atoms. The Hall–Kier alpha value is -2.10. The molecule has 0 saturated heterocycles. The molecule has 1 aliphatic carbocycles. The van der Waals surface area contributed by atoms with Gasteiger partial charge in [-0.15, -0.1) is 4.91 Å². The fourth-order valence-electron chi connectivity index (χ4n) is 4.69. The van der Waals surface area contributed by atoms with Gasteiger partial charge in [0.1, 0.15) is 5.75 Å². The van der Waals surface area contributed by atoms with Crippen LogP contribution in [0.3, 0.4) is 0 Å².